The zero-order chi connectivity index (χ0) is 12.8. The molecule has 0 aliphatic carbocycles. The summed E-state index contributed by atoms with van der Waals surface area (Å²) in [5.74, 6) is 1.46. The van der Waals surface area contributed by atoms with Crippen molar-refractivity contribution in [2.45, 2.75) is 26.7 Å². The van der Waals surface area contributed by atoms with E-state index in [2.05, 4.69) is 29.8 Å². The highest BCUT2D eigenvalue weighted by molar-refractivity contribution is 9.10. The molecule has 2 N–H and O–H groups in total. The number of hydrogen-bond acceptors (Lipinski definition) is 2. The van der Waals surface area contributed by atoms with Crippen LogP contribution in [0, 0.1) is 5.92 Å². The topological polar surface area (TPSA) is 35.2 Å². The Morgan fingerprint density at radius 3 is 2.76 bits per heavy atom. The van der Waals surface area contributed by atoms with Gasteiger partial charge in [0.05, 0.1) is 12.2 Å². The summed E-state index contributed by atoms with van der Waals surface area (Å²) in [5, 5.41) is 0. The summed E-state index contributed by atoms with van der Waals surface area (Å²) in [7, 11) is 0. The predicted molar refractivity (Wildman–Crippen MR) is 79.6 cm³/mol. The highest BCUT2D eigenvalue weighted by Gasteiger charge is 2.10. The van der Waals surface area contributed by atoms with Gasteiger partial charge in [0.2, 0.25) is 0 Å². The maximum absolute atomic E-state index is 5.73. The molecule has 1 rings (SSSR count). The smallest absolute Gasteiger partial charge is 0.130 e. The summed E-state index contributed by atoms with van der Waals surface area (Å²) < 4.78 is 6.61. The van der Waals surface area contributed by atoms with E-state index in [0.29, 0.717) is 17.5 Å². The molecule has 0 bridgehead atoms. The molecule has 2 nitrogen and oxygen atoms in total. The zero-order valence-electron chi connectivity index (χ0n) is 10.2. The molecule has 0 aliphatic heterocycles. The molecule has 0 spiro atoms. The Balaban J connectivity index is 2.64. The summed E-state index contributed by atoms with van der Waals surface area (Å²) in [4.78, 5) is 0.358. The van der Waals surface area contributed by atoms with Crippen LogP contribution >= 0.6 is 28.1 Å². The van der Waals surface area contributed by atoms with E-state index >= 15 is 0 Å². The van der Waals surface area contributed by atoms with Crippen LogP contribution in [0.2, 0.25) is 0 Å². The number of thiocarbonyl (C=S) groups is 1. The molecule has 1 aromatic rings. The molecule has 0 radical (unpaired) electrons. The van der Waals surface area contributed by atoms with Gasteiger partial charge in [0.15, 0.2) is 0 Å². The number of nitrogens with two attached hydrogens (primary N) is 1. The Hall–Kier alpha value is -0.610. The molecule has 4 heteroatoms. The molecule has 0 fully saturated rings. The van der Waals surface area contributed by atoms with Crippen molar-refractivity contribution in [2.24, 2.45) is 11.7 Å². The lowest BCUT2D eigenvalue weighted by Crippen LogP contribution is -2.13. The highest BCUT2D eigenvalue weighted by atomic mass is 79.9. The van der Waals surface area contributed by atoms with Crippen molar-refractivity contribution in [1.29, 1.82) is 0 Å². The van der Waals surface area contributed by atoms with Crippen molar-refractivity contribution in [3.63, 3.8) is 0 Å². The highest BCUT2D eigenvalue weighted by Crippen LogP contribution is 2.26. The first-order chi connectivity index (χ1) is 8.02. The van der Waals surface area contributed by atoms with Crippen LogP contribution in [0.3, 0.4) is 0 Å². The number of halogens is 1. The van der Waals surface area contributed by atoms with E-state index in [1.54, 1.807) is 0 Å². The van der Waals surface area contributed by atoms with Crippen LogP contribution in [0.15, 0.2) is 22.7 Å². The fourth-order valence-electron chi connectivity index (χ4n) is 1.54. The third-order valence-corrected chi connectivity index (χ3v) is 3.27. The van der Waals surface area contributed by atoms with E-state index in [9.17, 15) is 0 Å². The van der Waals surface area contributed by atoms with E-state index in [-0.39, 0.29) is 0 Å². The van der Waals surface area contributed by atoms with Crippen molar-refractivity contribution in [2.75, 3.05) is 6.61 Å². The molecule has 0 aromatic heterocycles. The van der Waals surface area contributed by atoms with E-state index < -0.39 is 0 Å². The maximum Gasteiger partial charge on any atom is 0.130 e. The van der Waals surface area contributed by atoms with Gasteiger partial charge in [-0.25, -0.2) is 0 Å². The molecule has 0 saturated heterocycles. The van der Waals surface area contributed by atoms with Gasteiger partial charge >= 0.3 is 0 Å². The minimum absolute atomic E-state index is 0.358. The molecule has 0 heterocycles. The van der Waals surface area contributed by atoms with Gasteiger partial charge in [0.25, 0.3) is 0 Å². The zero-order valence-corrected chi connectivity index (χ0v) is 12.6. The molecule has 17 heavy (non-hydrogen) atoms. The lowest BCUT2D eigenvalue weighted by Gasteiger charge is -2.12. The van der Waals surface area contributed by atoms with Crippen molar-refractivity contribution in [1.82, 2.24) is 0 Å². The fraction of sp³-hybridized carbons (Fsp3) is 0.462. The average molecular weight is 316 g/mol. The third-order valence-electron chi connectivity index (χ3n) is 2.41. The average Bonchev–Trinajstić information content (AvgIpc) is 2.23. The van der Waals surface area contributed by atoms with Crippen molar-refractivity contribution in [3.8, 4) is 5.75 Å². The Morgan fingerprint density at radius 1 is 1.47 bits per heavy atom. The van der Waals surface area contributed by atoms with Gasteiger partial charge in [-0.15, -0.1) is 0 Å². The van der Waals surface area contributed by atoms with Crippen LogP contribution in [0.4, 0.5) is 0 Å². The molecule has 0 atom stereocenters. The van der Waals surface area contributed by atoms with Gasteiger partial charge in [-0.1, -0.05) is 32.1 Å². The van der Waals surface area contributed by atoms with Crippen LogP contribution in [0.5, 0.6) is 5.75 Å². The molecule has 0 aliphatic rings. The first-order valence-electron chi connectivity index (χ1n) is 5.73. The van der Waals surface area contributed by atoms with E-state index in [1.165, 1.54) is 0 Å². The molecular formula is C13H18BrNOS. The summed E-state index contributed by atoms with van der Waals surface area (Å²) in [6.45, 7) is 5.11. The fourth-order valence-corrected chi connectivity index (χ4v) is 2.44. The van der Waals surface area contributed by atoms with Gasteiger partial charge in [-0.05, 0) is 46.8 Å². The lowest BCUT2D eigenvalue weighted by atomic mass is 10.1. The molecule has 0 unspecified atom stereocenters. The van der Waals surface area contributed by atoms with E-state index in [1.807, 2.05) is 18.2 Å². The normalized spacial score (nSPS) is 10.6. The van der Waals surface area contributed by atoms with E-state index in [4.69, 9.17) is 22.7 Å². The maximum atomic E-state index is 5.73. The predicted octanol–water partition coefficient (Wildman–Crippen LogP) is 3.90. The van der Waals surface area contributed by atoms with Gasteiger partial charge in [-0.3, -0.25) is 0 Å². The molecule has 0 amide bonds. The van der Waals surface area contributed by atoms with Crippen molar-refractivity contribution >= 4 is 33.1 Å². The Bertz CT molecular complexity index is 393. The first kappa shape index (κ1) is 14.5. The Labute approximate surface area is 117 Å². The number of ether oxygens (including phenoxy) is 1. The SMILES string of the molecule is CC(C)CCCOc1cccc(Br)c1C(N)=S. The minimum Gasteiger partial charge on any atom is -0.493 e. The van der Waals surface area contributed by atoms with Gasteiger partial charge in [0, 0.05) is 4.47 Å². The van der Waals surface area contributed by atoms with Crippen LogP contribution in [-0.2, 0) is 0 Å². The molecule has 94 valence electrons. The quantitative estimate of drug-likeness (QED) is 0.638. The number of benzene rings is 1. The monoisotopic (exact) mass is 315 g/mol. The second kappa shape index (κ2) is 6.97. The first-order valence-corrected chi connectivity index (χ1v) is 6.93. The number of rotatable bonds is 6. The number of hydrogen-bond donors (Lipinski definition) is 1. The molecule has 1 aromatic carbocycles. The van der Waals surface area contributed by atoms with Crippen LogP contribution in [-0.4, -0.2) is 11.6 Å². The van der Waals surface area contributed by atoms with Crippen LogP contribution in [0.1, 0.15) is 32.3 Å². The van der Waals surface area contributed by atoms with Crippen molar-refractivity contribution in [3.05, 3.63) is 28.2 Å². The summed E-state index contributed by atoms with van der Waals surface area (Å²) in [6.07, 6.45) is 2.21. The summed E-state index contributed by atoms with van der Waals surface area (Å²) in [6, 6.07) is 5.73. The van der Waals surface area contributed by atoms with Crippen molar-refractivity contribution < 1.29 is 4.74 Å². The second-order valence-corrected chi connectivity index (χ2v) is 5.66. The van der Waals surface area contributed by atoms with Gasteiger partial charge < -0.3 is 10.5 Å². The third kappa shape index (κ3) is 4.64. The summed E-state index contributed by atoms with van der Waals surface area (Å²) >= 11 is 8.46. The minimum atomic E-state index is 0.358. The molecular weight excluding hydrogens is 298 g/mol. The van der Waals surface area contributed by atoms with Gasteiger partial charge in [0.1, 0.15) is 10.7 Å². The van der Waals surface area contributed by atoms with Gasteiger partial charge in [-0.2, -0.15) is 0 Å². The molecule has 0 saturated carbocycles. The summed E-state index contributed by atoms with van der Waals surface area (Å²) in [5.41, 5.74) is 6.47. The Kier molecular flexibility index (Phi) is 5.92. The lowest BCUT2D eigenvalue weighted by molar-refractivity contribution is 0.297. The Morgan fingerprint density at radius 2 is 2.18 bits per heavy atom. The van der Waals surface area contributed by atoms with Crippen LogP contribution < -0.4 is 10.5 Å². The second-order valence-electron chi connectivity index (χ2n) is 4.36. The largest absolute Gasteiger partial charge is 0.493 e. The van der Waals surface area contributed by atoms with E-state index in [0.717, 1.165) is 28.6 Å². The van der Waals surface area contributed by atoms with Crippen LogP contribution in [0.25, 0.3) is 0 Å². The standard InChI is InChI=1S/C13H18BrNOS/c1-9(2)5-4-8-16-11-7-3-6-10(14)12(11)13(15)17/h3,6-7,9H,4-5,8H2,1-2H3,(H2,15,17).